The van der Waals surface area contributed by atoms with E-state index >= 15 is 0 Å². The first kappa shape index (κ1) is 12.0. The van der Waals surface area contributed by atoms with E-state index in [4.69, 9.17) is 5.73 Å². The molecular weight excluding hydrogens is 292 g/mol. The smallest absolute Gasteiger partial charge is 0.229 e. The quantitative estimate of drug-likeness (QED) is 0.854. The van der Waals surface area contributed by atoms with E-state index in [0.717, 1.165) is 34.8 Å². The van der Waals surface area contributed by atoms with Crippen molar-refractivity contribution in [3.8, 4) is 0 Å². The maximum Gasteiger partial charge on any atom is 0.229 e. The van der Waals surface area contributed by atoms with Crippen LogP contribution in [0.25, 0.3) is 0 Å². The van der Waals surface area contributed by atoms with Crippen LogP contribution in [0.15, 0.2) is 22.7 Å². The average molecular weight is 309 g/mol. The van der Waals surface area contributed by atoms with Crippen molar-refractivity contribution < 1.29 is 4.79 Å². The standard InChI is InChI=1S/C14H17BrN2O/c1-17(13-3-2-11(15)7-12(13)16)14(18)10-5-8-4-9(8)6-10/h2-3,7-10H,4-6,16H2,1H3. The Hall–Kier alpha value is -1.03. The molecule has 2 N–H and O–H groups in total. The Labute approximate surface area is 115 Å². The first-order valence-electron chi connectivity index (χ1n) is 6.39. The Bertz CT molecular complexity index is 493. The zero-order valence-electron chi connectivity index (χ0n) is 10.4. The fourth-order valence-electron chi connectivity index (χ4n) is 3.14. The molecule has 3 nitrogen and oxygen atoms in total. The van der Waals surface area contributed by atoms with Crippen LogP contribution in [0.5, 0.6) is 0 Å². The molecule has 2 unspecified atom stereocenters. The monoisotopic (exact) mass is 308 g/mol. The second-order valence-corrected chi connectivity index (χ2v) is 6.44. The van der Waals surface area contributed by atoms with Crippen LogP contribution in [-0.2, 0) is 4.79 Å². The van der Waals surface area contributed by atoms with E-state index in [9.17, 15) is 4.79 Å². The molecule has 2 aliphatic rings. The second-order valence-electron chi connectivity index (χ2n) is 5.52. The number of rotatable bonds is 2. The molecule has 0 bridgehead atoms. The Morgan fingerprint density at radius 2 is 2.00 bits per heavy atom. The van der Waals surface area contributed by atoms with E-state index in [1.165, 1.54) is 6.42 Å². The molecule has 2 atom stereocenters. The predicted molar refractivity (Wildman–Crippen MR) is 76.3 cm³/mol. The zero-order valence-corrected chi connectivity index (χ0v) is 12.0. The van der Waals surface area contributed by atoms with E-state index in [2.05, 4.69) is 15.9 Å². The molecule has 1 aromatic carbocycles. The van der Waals surface area contributed by atoms with E-state index in [-0.39, 0.29) is 11.8 Å². The van der Waals surface area contributed by atoms with Crippen LogP contribution in [0.1, 0.15) is 19.3 Å². The largest absolute Gasteiger partial charge is 0.397 e. The van der Waals surface area contributed by atoms with E-state index in [1.54, 1.807) is 4.90 Å². The highest BCUT2D eigenvalue weighted by atomic mass is 79.9. The summed E-state index contributed by atoms with van der Waals surface area (Å²) in [5, 5.41) is 0. The normalized spacial score (nSPS) is 28.9. The van der Waals surface area contributed by atoms with Gasteiger partial charge >= 0.3 is 0 Å². The Balaban J connectivity index is 1.76. The summed E-state index contributed by atoms with van der Waals surface area (Å²) in [6.07, 6.45) is 3.49. The lowest BCUT2D eigenvalue weighted by Gasteiger charge is -2.23. The number of anilines is 2. The third kappa shape index (κ3) is 2.03. The van der Waals surface area contributed by atoms with Crippen molar-refractivity contribution >= 4 is 33.2 Å². The number of carbonyl (C=O) groups is 1. The molecule has 2 aliphatic carbocycles. The molecule has 4 heteroatoms. The van der Waals surface area contributed by atoms with Crippen molar-refractivity contribution in [2.75, 3.05) is 17.7 Å². The van der Waals surface area contributed by atoms with Gasteiger partial charge in [0.15, 0.2) is 0 Å². The van der Waals surface area contributed by atoms with Gasteiger partial charge in [-0.2, -0.15) is 0 Å². The molecule has 0 heterocycles. The maximum atomic E-state index is 12.4. The van der Waals surface area contributed by atoms with Gasteiger partial charge in [-0.05, 0) is 49.3 Å². The van der Waals surface area contributed by atoms with Crippen molar-refractivity contribution in [1.82, 2.24) is 0 Å². The molecular formula is C14H17BrN2O. The first-order valence-corrected chi connectivity index (χ1v) is 7.18. The van der Waals surface area contributed by atoms with Crippen LogP contribution in [0.2, 0.25) is 0 Å². The summed E-state index contributed by atoms with van der Waals surface area (Å²) >= 11 is 3.38. The van der Waals surface area contributed by atoms with Gasteiger partial charge in [0, 0.05) is 17.4 Å². The summed E-state index contributed by atoms with van der Waals surface area (Å²) < 4.78 is 0.937. The second kappa shape index (κ2) is 4.26. The molecule has 96 valence electrons. The van der Waals surface area contributed by atoms with Crippen molar-refractivity contribution in [3.05, 3.63) is 22.7 Å². The lowest BCUT2D eigenvalue weighted by atomic mass is 10.0. The van der Waals surface area contributed by atoms with Gasteiger partial charge in [-0.3, -0.25) is 4.79 Å². The average Bonchev–Trinajstić information content (AvgIpc) is 2.94. The van der Waals surface area contributed by atoms with E-state index in [0.29, 0.717) is 5.69 Å². The molecule has 0 spiro atoms. The van der Waals surface area contributed by atoms with Crippen LogP contribution in [-0.4, -0.2) is 13.0 Å². The van der Waals surface area contributed by atoms with E-state index in [1.807, 2.05) is 25.2 Å². The van der Waals surface area contributed by atoms with Crippen LogP contribution in [0, 0.1) is 17.8 Å². The molecule has 2 saturated carbocycles. The highest BCUT2D eigenvalue weighted by Crippen LogP contribution is 2.54. The number of hydrogen-bond acceptors (Lipinski definition) is 2. The first-order chi connectivity index (χ1) is 8.56. The summed E-state index contributed by atoms with van der Waals surface area (Å²) in [6, 6.07) is 5.65. The summed E-state index contributed by atoms with van der Waals surface area (Å²) in [6.45, 7) is 0. The Morgan fingerprint density at radius 1 is 1.33 bits per heavy atom. The highest BCUT2D eigenvalue weighted by Gasteiger charge is 2.48. The Morgan fingerprint density at radius 3 is 2.61 bits per heavy atom. The molecule has 18 heavy (non-hydrogen) atoms. The van der Waals surface area contributed by atoms with E-state index < -0.39 is 0 Å². The predicted octanol–water partition coefficient (Wildman–Crippen LogP) is 3.04. The number of halogens is 1. The molecule has 0 saturated heterocycles. The Kier molecular flexibility index (Phi) is 2.85. The minimum absolute atomic E-state index is 0.210. The summed E-state index contributed by atoms with van der Waals surface area (Å²) in [7, 11) is 1.83. The summed E-state index contributed by atoms with van der Waals surface area (Å²) in [5.41, 5.74) is 7.42. The maximum absolute atomic E-state index is 12.4. The van der Waals surface area contributed by atoms with Crippen molar-refractivity contribution in [3.63, 3.8) is 0 Å². The molecule has 0 radical (unpaired) electrons. The minimum Gasteiger partial charge on any atom is -0.397 e. The van der Waals surface area contributed by atoms with Gasteiger partial charge < -0.3 is 10.6 Å². The van der Waals surface area contributed by atoms with Gasteiger partial charge in [0.25, 0.3) is 0 Å². The molecule has 1 amide bonds. The molecule has 3 rings (SSSR count). The number of nitrogens with zero attached hydrogens (tertiary/aromatic N) is 1. The van der Waals surface area contributed by atoms with Crippen molar-refractivity contribution in [2.24, 2.45) is 17.8 Å². The summed E-state index contributed by atoms with van der Waals surface area (Å²) in [4.78, 5) is 14.1. The third-order valence-electron chi connectivity index (χ3n) is 4.27. The van der Waals surface area contributed by atoms with Gasteiger partial charge in [0.1, 0.15) is 0 Å². The lowest BCUT2D eigenvalue weighted by Crippen LogP contribution is -2.32. The molecule has 0 aromatic heterocycles. The minimum atomic E-state index is 0.210. The highest BCUT2D eigenvalue weighted by molar-refractivity contribution is 9.10. The summed E-state index contributed by atoms with van der Waals surface area (Å²) in [5.74, 6) is 2.09. The number of hydrogen-bond donors (Lipinski definition) is 1. The SMILES string of the molecule is CN(C(=O)C1CC2CC2C1)c1ccc(Br)cc1N. The zero-order chi connectivity index (χ0) is 12.9. The number of nitrogens with two attached hydrogens (primary N) is 1. The molecule has 2 fully saturated rings. The van der Waals surface area contributed by atoms with Crippen LogP contribution < -0.4 is 10.6 Å². The van der Waals surface area contributed by atoms with Crippen molar-refractivity contribution in [1.29, 1.82) is 0 Å². The van der Waals surface area contributed by atoms with Crippen molar-refractivity contribution in [2.45, 2.75) is 19.3 Å². The number of amides is 1. The lowest BCUT2D eigenvalue weighted by molar-refractivity contribution is -0.122. The van der Waals surface area contributed by atoms with Gasteiger partial charge in [0.05, 0.1) is 11.4 Å². The fraction of sp³-hybridized carbons (Fsp3) is 0.500. The number of fused-ring (bicyclic) bond motifs is 1. The van der Waals surface area contributed by atoms with Crippen LogP contribution >= 0.6 is 15.9 Å². The molecule has 1 aromatic rings. The number of carbonyl (C=O) groups excluding carboxylic acids is 1. The number of benzene rings is 1. The van der Waals surface area contributed by atoms with Gasteiger partial charge in [-0.15, -0.1) is 0 Å². The topological polar surface area (TPSA) is 46.3 Å². The van der Waals surface area contributed by atoms with Gasteiger partial charge in [-0.25, -0.2) is 0 Å². The molecule has 0 aliphatic heterocycles. The van der Waals surface area contributed by atoms with Gasteiger partial charge in [-0.1, -0.05) is 15.9 Å². The van der Waals surface area contributed by atoms with Crippen LogP contribution in [0.3, 0.4) is 0 Å². The fourth-order valence-corrected chi connectivity index (χ4v) is 3.52. The van der Waals surface area contributed by atoms with Crippen LogP contribution in [0.4, 0.5) is 11.4 Å². The van der Waals surface area contributed by atoms with Gasteiger partial charge in [0.2, 0.25) is 5.91 Å². The third-order valence-corrected chi connectivity index (χ3v) is 4.77. The number of nitrogen functional groups attached to an aromatic ring is 1.